The summed E-state index contributed by atoms with van der Waals surface area (Å²) in [6, 6.07) is 91.7. The molecule has 0 amide bonds. The van der Waals surface area contributed by atoms with Gasteiger partial charge < -0.3 is 14.2 Å². The third-order valence-corrected chi connectivity index (χ3v) is 14.2. The van der Waals surface area contributed by atoms with Crippen molar-refractivity contribution in [2.24, 2.45) is 0 Å². The summed E-state index contributed by atoms with van der Waals surface area (Å²) < 4.78 is 7.34. The van der Waals surface area contributed by atoms with Gasteiger partial charge in [-0.3, -0.25) is 0 Å². The van der Waals surface area contributed by atoms with E-state index in [1.54, 1.807) is 0 Å². The summed E-state index contributed by atoms with van der Waals surface area (Å²) in [5.41, 5.74) is 17.9. The second-order valence-electron chi connectivity index (χ2n) is 18.3. The van der Waals surface area contributed by atoms with Gasteiger partial charge in [-0.15, -0.1) is 0 Å². The molecule has 0 saturated carbocycles. The zero-order chi connectivity index (χ0) is 47.1. The lowest BCUT2D eigenvalue weighted by molar-refractivity contribution is 0.669. The Morgan fingerprint density at radius 3 is 1.21 bits per heavy atom. The molecule has 0 spiro atoms. The second kappa shape index (κ2) is 18.0. The fourth-order valence-electron chi connectivity index (χ4n) is 10.9. The summed E-state index contributed by atoms with van der Waals surface area (Å²) in [7, 11) is 0. The fourth-order valence-corrected chi connectivity index (χ4v) is 10.9. The van der Waals surface area contributed by atoms with Crippen molar-refractivity contribution in [2.45, 2.75) is 12.8 Å². The lowest BCUT2D eigenvalue weighted by atomic mass is 9.93. The molecular formula is C68H48N2O. The van der Waals surface area contributed by atoms with Crippen LogP contribution in [0.2, 0.25) is 0 Å². The summed E-state index contributed by atoms with van der Waals surface area (Å²) in [6.45, 7) is 0. The summed E-state index contributed by atoms with van der Waals surface area (Å²) in [6.07, 6.45) is 6.45. The van der Waals surface area contributed by atoms with Crippen LogP contribution in [0.5, 0.6) is 0 Å². The van der Waals surface area contributed by atoms with E-state index in [9.17, 15) is 0 Å². The Labute approximate surface area is 414 Å². The van der Waals surface area contributed by atoms with Crippen LogP contribution in [-0.4, -0.2) is 0 Å². The molecule has 0 aliphatic heterocycles. The molecule has 13 rings (SSSR count). The van der Waals surface area contributed by atoms with Gasteiger partial charge in [-0.05, 0) is 87.3 Å². The zero-order valence-corrected chi connectivity index (χ0v) is 39.1. The number of nitrogens with zero attached hydrogens (tertiary/aromatic N) is 2. The van der Waals surface area contributed by atoms with Gasteiger partial charge >= 0.3 is 0 Å². The number of para-hydroxylation sites is 2. The molecule has 0 fully saturated rings. The average Bonchev–Trinajstić information content (AvgIpc) is 3.84. The molecule has 71 heavy (non-hydrogen) atoms. The van der Waals surface area contributed by atoms with E-state index >= 15 is 0 Å². The molecule has 1 heterocycles. The van der Waals surface area contributed by atoms with Crippen molar-refractivity contribution < 1.29 is 4.42 Å². The third-order valence-electron chi connectivity index (χ3n) is 14.2. The van der Waals surface area contributed by atoms with E-state index < -0.39 is 0 Å². The van der Waals surface area contributed by atoms with E-state index in [2.05, 4.69) is 277 Å². The van der Waals surface area contributed by atoms with Gasteiger partial charge in [0.25, 0.3) is 0 Å². The lowest BCUT2D eigenvalue weighted by Gasteiger charge is -2.32. The molecule has 1 aliphatic rings. The summed E-state index contributed by atoms with van der Waals surface area (Å²) >= 11 is 0. The lowest BCUT2D eigenvalue weighted by Crippen LogP contribution is -2.19. The van der Waals surface area contributed by atoms with E-state index in [1.165, 1.54) is 39.1 Å². The van der Waals surface area contributed by atoms with Gasteiger partial charge in [0.05, 0.1) is 22.7 Å². The monoisotopic (exact) mass is 908 g/mol. The molecule has 336 valence electrons. The van der Waals surface area contributed by atoms with Crippen LogP contribution in [0, 0.1) is 0 Å². The van der Waals surface area contributed by atoms with Crippen molar-refractivity contribution in [3.8, 4) is 33.4 Å². The van der Waals surface area contributed by atoms with Crippen LogP contribution >= 0.6 is 0 Å². The first-order valence-electron chi connectivity index (χ1n) is 24.5. The molecular weight excluding hydrogens is 861 g/mol. The molecule has 1 aliphatic carbocycles. The highest BCUT2D eigenvalue weighted by Gasteiger charge is 2.27. The first-order chi connectivity index (χ1) is 35.2. The first kappa shape index (κ1) is 42.0. The van der Waals surface area contributed by atoms with Crippen LogP contribution in [-0.2, 0) is 0 Å². The predicted molar refractivity (Wildman–Crippen MR) is 300 cm³/mol. The molecule has 0 atom stereocenters. The average molecular weight is 909 g/mol. The van der Waals surface area contributed by atoms with Gasteiger partial charge in [0.2, 0.25) is 0 Å². The summed E-state index contributed by atoms with van der Waals surface area (Å²) in [5.74, 6) is 0. The Kier molecular flexibility index (Phi) is 10.7. The molecule has 11 aromatic carbocycles. The molecule has 0 unspecified atom stereocenters. The smallest absolute Gasteiger partial charge is 0.138 e. The van der Waals surface area contributed by atoms with E-state index in [0.717, 1.165) is 95.9 Å². The highest BCUT2D eigenvalue weighted by Crippen LogP contribution is 2.51. The van der Waals surface area contributed by atoms with E-state index in [0.29, 0.717) is 0 Å². The number of allylic oxidation sites excluding steroid dienone is 4. The topological polar surface area (TPSA) is 19.6 Å². The minimum absolute atomic E-state index is 0.836. The quantitative estimate of drug-likeness (QED) is 0.136. The number of rotatable bonds is 10. The summed E-state index contributed by atoms with van der Waals surface area (Å²) in [4.78, 5) is 4.92. The normalized spacial score (nSPS) is 12.6. The number of hydrogen-bond donors (Lipinski definition) is 0. The molecule has 1 aromatic heterocycles. The second-order valence-corrected chi connectivity index (χ2v) is 18.3. The van der Waals surface area contributed by atoms with Crippen molar-refractivity contribution in [1.82, 2.24) is 0 Å². The SMILES string of the molecule is C1=C(c2ccccc2)CCC(N(c2ccccc2-c2ccccc2)c2cc3oc4cc(N(c5ccc(-c6ccccc6)cc5)c5ccccc5-c5ccccc5)c5ccccc5c4c3c3ccccc23)=C1. The molecule has 3 nitrogen and oxygen atoms in total. The fraction of sp³-hybridized carbons (Fsp3) is 0.0294. The highest BCUT2D eigenvalue weighted by molar-refractivity contribution is 6.30. The van der Waals surface area contributed by atoms with Crippen LogP contribution in [0.3, 0.4) is 0 Å². The summed E-state index contributed by atoms with van der Waals surface area (Å²) in [5, 5.41) is 6.82. The number of fused-ring (bicyclic) bond motifs is 7. The maximum atomic E-state index is 7.34. The Balaban J connectivity index is 1.06. The van der Waals surface area contributed by atoms with Crippen molar-refractivity contribution in [3.63, 3.8) is 0 Å². The van der Waals surface area contributed by atoms with Gasteiger partial charge in [-0.25, -0.2) is 0 Å². The van der Waals surface area contributed by atoms with Gasteiger partial charge in [-0.1, -0.05) is 224 Å². The predicted octanol–water partition coefficient (Wildman–Crippen LogP) is 19.3. The van der Waals surface area contributed by atoms with Crippen LogP contribution in [0.1, 0.15) is 18.4 Å². The standard InChI is InChI=1S/C68H48N2O/c1-5-21-47(22-6-1)49-37-41-53(42-38-49)69(61-35-19-17-29-55(61)51-25-9-3-10-26-51)63-45-65-67(59-33-15-13-31-57(59)63)68-60-34-16-14-32-58(60)64(46-66(68)71-65)70(54-43-39-50(40-44-54)48-23-7-2-8-24-48)62-36-20-18-30-56(62)52-27-11-4-12-28-52/h1-39,41-43,45-46H,40,44H2. The third kappa shape index (κ3) is 7.56. The van der Waals surface area contributed by atoms with Crippen molar-refractivity contribution in [2.75, 3.05) is 9.80 Å². The van der Waals surface area contributed by atoms with Gasteiger partial charge in [0, 0.05) is 56.2 Å². The molecule has 0 N–H and O–H groups in total. The molecule has 12 aromatic rings. The maximum Gasteiger partial charge on any atom is 0.138 e. The Bertz CT molecular complexity index is 3970. The molecule has 0 bridgehead atoms. The highest BCUT2D eigenvalue weighted by atomic mass is 16.3. The minimum atomic E-state index is 0.836. The maximum absolute atomic E-state index is 7.34. The van der Waals surface area contributed by atoms with Gasteiger partial charge in [0.1, 0.15) is 11.2 Å². The number of furan rings is 1. The van der Waals surface area contributed by atoms with Crippen molar-refractivity contribution >= 4 is 77.5 Å². The number of hydrogen-bond acceptors (Lipinski definition) is 3. The van der Waals surface area contributed by atoms with Crippen LogP contribution < -0.4 is 9.80 Å². The zero-order valence-electron chi connectivity index (χ0n) is 39.1. The Morgan fingerprint density at radius 1 is 0.296 bits per heavy atom. The van der Waals surface area contributed by atoms with Crippen LogP contribution in [0.4, 0.5) is 28.4 Å². The van der Waals surface area contributed by atoms with E-state index in [4.69, 9.17) is 4.42 Å². The van der Waals surface area contributed by atoms with Crippen molar-refractivity contribution in [1.29, 1.82) is 0 Å². The number of benzene rings is 11. The Morgan fingerprint density at radius 2 is 0.704 bits per heavy atom. The Hall–Kier alpha value is -9.18. The van der Waals surface area contributed by atoms with Crippen LogP contribution in [0.25, 0.3) is 82.4 Å². The van der Waals surface area contributed by atoms with Crippen molar-refractivity contribution in [3.05, 3.63) is 278 Å². The minimum Gasteiger partial charge on any atom is -0.456 e. The number of anilines is 5. The molecule has 3 heteroatoms. The van der Waals surface area contributed by atoms with E-state index in [1.807, 2.05) is 0 Å². The van der Waals surface area contributed by atoms with Gasteiger partial charge in [0.15, 0.2) is 0 Å². The largest absolute Gasteiger partial charge is 0.456 e. The van der Waals surface area contributed by atoms with E-state index in [-0.39, 0.29) is 0 Å². The first-order valence-corrected chi connectivity index (χ1v) is 24.5. The van der Waals surface area contributed by atoms with Crippen LogP contribution in [0.15, 0.2) is 277 Å². The molecule has 0 saturated heterocycles. The van der Waals surface area contributed by atoms with Gasteiger partial charge in [-0.2, -0.15) is 0 Å². The molecule has 0 radical (unpaired) electrons.